The molecule has 0 saturated carbocycles. The van der Waals surface area contributed by atoms with Gasteiger partial charge in [-0.1, -0.05) is 24.6 Å². The lowest BCUT2D eigenvalue weighted by molar-refractivity contribution is 0.628. The third-order valence-corrected chi connectivity index (χ3v) is 4.62. The van der Waals surface area contributed by atoms with Crippen molar-refractivity contribution in [2.75, 3.05) is 11.9 Å². The molecule has 4 nitrogen and oxygen atoms in total. The van der Waals surface area contributed by atoms with Gasteiger partial charge in [0.25, 0.3) is 0 Å². The average molecular weight is 381 g/mol. The summed E-state index contributed by atoms with van der Waals surface area (Å²) in [6, 6.07) is 15.9. The van der Waals surface area contributed by atoms with Gasteiger partial charge in [0.2, 0.25) is 0 Å². The average Bonchev–Trinajstić information content (AvgIpc) is 3.08. The van der Waals surface area contributed by atoms with E-state index >= 15 is 0 Å². The second-order valence-corrected chi connectivity index (χ2v) is 6.62. The van der Waals surface area contributed by atoms with Crippen molar-refractivity contribution in [3.05, 3.63) is 71.8 Å². The van der Waals surface area contributed by atoms with Crippen molar-refractivity contribution in [3.63, 3.8) is 0 Å². The zero-order valence-electron chi connectivity index (χ0n) is 14.8. The molecule has 0 unspecified atom stereocenters. The van der Waals surface area contributed by atoms with Crippen molar-refractivity contribution >= 4 is 22.9 Å². The Bertz CT molecular complexity index is 1090. The summed E-state index contributed by atoms with van der Waals surface area (Å²) in [6.07, 6.45) is 2.79. The van der Waals surface area contributed by atoms with Gasteiger partial charge in [-0.15, -0.1) is 0 Å². The van der Waals surface area contributed by atoms with E-state index < -0.39 is 0 Å². The molecule has 0 aliphatic heterocycles. The topological polar surface area (TPSA) is 42.2 Å². The van der Waals surface area contributed by atoms with E-state index in [2.05, 4.69) is 17.2 Å². The van der Waals surface area contributed by atoms with E-state index in [0.29, 0.717) is 5.15 Å². The molecule has 0 spiro atoms. The number of benzene rings is 1. The zero-order valence-corrected chi connectivity index (χ0v) is 15.5. The van der Waals surface area contributed by atoms with E-state index in [9.17, 15) is 4.39 Å². The third kappa shape index (κ3) is 3.38. The number of hydrogen-bond donors (Lipinski definition) is 1. The number of fused-ring (bicyclic) bond motifs is 1. The molecule has 4 aromatic rings. The van der Waals surface area contributed by atoms with Crippen LogP contribution in [0.15, 0.2) is 60.8 Å². The Morgan fingerprint density at radius 2 is 1.89 bits per heavy atom. The van der Waals surface area contributed by atoms with Crippen LogP contribution in [0.5, 0.6) is 0 Å². The summed E-state index contributed by atoms with van der Waals surface area (Å²) < 4.78 is 15.1. The van der Waals surface area contributed by atoms with Crippen LogP contribution in [0.1, 0.15) is 13.3 Å². The first kappa shape index (κ1) is 17.5. The predicted molar refractivity (Wildman–Crippen MR) is 108 cm³/mol. The second-order valence-electron chi connectivity index (χ2n) is 6.23. The molecule has 1 N–H and O–H groups in total. The molecule has 0 saturated heterocycles. The Morgan fingerprint density at radius 1 is 1.07 bits per heavy atom. The minimum Gasteiger partial charge on any atom is -0.370 e. The first-order valence-corrected chi connectivity index (χ1v) is 9.18. The summed E-state index contributed by atoms with van der Waals surface area (Å²) in [7, 11) is 0. The lowest BCUT2D eigenvalue weighted by Crippen LogP contribution is -2.01. The first-order chi connectivity index (χ1) is 13.2. The van der Waals surface area contributed by atoms with Gasteiger partial charge in [0.05, 0.1) is 5.52 Å². The Labute approximate surface area is 161 Å². The Kier molecular flexibility index (Phi) is 4.77. The van der Waals surface area contributed by atoms with Gasteiger partial charge in [-0.05, 0) is 60.5 Å². The fourth-order valence-electron chi connectivity index (χ4n) is 3.07. The Hall–Kier alpha value is -2.92. The lowest BCUT2D eigenvalue weighted by Gasteiger charge is -2.08. The Morgan fingerprint density at radius 3 is 2.67 bits per heavy atom. The number of rotatable bonds is 5. The van der Waals surface area contributed by atoms with Crippen molar-refractivity contribution in [1.29, 1.82) is 0 Å². The van der Waals surface area contributed by atoms with Crippen LogP contribution < -0.4 is 5.32 Å². The highest BCUT2D eigenvalue weighted by Gasteiger charge is 2.18. The van der Waals surface area contributed by atoms with E-state index in [1.807, 2.05) is 24.3 Å². The molecule has 136 valence electrons. The number of anilines is 1. The molecule has 4 rings (SSSR count). The fourth-order valence-corrected chi connectivity index (χ4v) is 3.27. The van der Waals surface area contributed by atoms with E-state index in [0.717, 1.165) is 46.7 Å². The number of aromatic nitrogens is 3. The third-order valence-electron chi connectivity index (χ3n) is 4.33. The molecule has 0 radical (unpaired) electrons. The van der Waals surface area contributed by atoms with Crippen LogP contribution in [0.4, 0.5) is 10.2 Å². The molecule has 0 aliphatic rings. The number of halogens is 2. The van der Waals surface area contributed by atoms with Crippen LogP contribution in [0.2, 0.25) is 5.15 Å². The van der Waals surface area contributed by atoms with Gasteiger partial charge >= 0.3 is 0 Å². The van der Waals surface area contributed by atoms with Crippen LogP contribution >= 0.6 is 11.6 Å². The summed E-state index contributed by atoms with van der Waals surface area (Å²) in [5, 5.41) is 8.52. The molecular weight excluding hydrogens is 363 g/mol. The second kappa shape index (κ2) is 7.37. The summed E-state index contributed by atoms with van der Waals surface area (Å²) >= 11 is 6.36. The van der Waals surface area contributed by atoms with Gasteiger partial charge in [0.15, 0.2) is 0 Å². The maximum atomic E-state index is 13.4. The zero-order chi connectivity index (χ0) is 18.8. The smallest absolute Gasteiger partial charge is 0.131 e. The Balaban J connectivity index is 1.94. The highest BCUT2D eigenvalue weighted by atomic mass is 35.5. The minimum absolute atomic E-state index is 0.281. The van der Waals surface area contributed by atoms with E-state index in [1.54, 1.807) is 28.9 Å². The van der Waals surface area contributed by atoms with Crippen LogP contribution in [-0.4, -0.2) is 21.1 Å². The van der Waals surface area contributed by atoms with Gasteiger partial charge < -0.3 is 5.32 Å². The number of nitrogens with one attached hydrogen (secondary N) is 1. The van der Waals surface area contributed by atoms with Gasteiger partial charge in [0, 0.05) is 23.9 Å². The van der Waals surface area contributed by atoms with E-state index in [4.69, 9.17) is 16.7 Å². The molecular formula is C21H18ClFN4. The largest absolute Gasteiger partial charge is 0.370 e. The number of pyridine rings is 2. The van der Waals surface area contributed by atoms with Gasteiger partial charge in [-0.25, -0.2) is 13.9 Å². The SMILES string of the molecule is CCCNc1cc(-c2c(-c3ccc(F)cc3)nn3c(Cl)cccc23)ccn1. The van der Waals surface area contributed by atoms with E-state index in [1.165, 1.54) is 12.1 Å². The van der Waals surface area contributed by atoms with Crippen molar-refractivity contribution in [3.8, 4) is 22.4 Å². The molecule has 0 aliphatic carbocycles. The summed E-state index contributed by atoms with van der Waals surface area (Å²) in [6.45, 7) is 2.96. The first-order valence-electron chi connectivity index (χ1n) is 8.81. The van der Waals surface area contributed by atoms with Crippen LogP contribution in [0.3, 0.4) is 0 Å². The molecule has 1 aromatic carbocycles. The molecule has 3 aromatic heterocycles. The van der Waals surface area contributed by atoms with E-state index in [-0.39, 0.29) is 5.82 Å². The van der Waals surface area contributed by atoms with Crippen LogP contribution in [0.25, 0.3) is 27.9 Å². The summed E-state index contributed by atoms with van der Waals surface area (Å²) in [5.41, 5.74) is 4.36. The van der Waals surface area contributed by atoms with Crippen molar-refractivity contribution < 1.29 is 4.39 Å². The van der Waals surface area contributed by atoms with Gasteiger partial charge in [-0.3, -0.25) is 0 Å². The van der Waals surface area contributed by atoms with Gasteiger partial charge in [0.1, 0.15) is 22.5 Å². The van der Waals surface area contributed by atoms with Crippen molar-refractivity contribution in [1.82, 2.24) is 14.6 Å². The molecule has 3 heterocycles. The monoisotopic (exact) mass is 380 g/mol. The summed E-state index contributed by atoms with van der Waals surface area (Å²) in [4.78, 5) is 4.38. The highest BCUT2D eigenvalue weighted by Crippen LogP contribution is 2.36. The highest BCUT2D eigenvalue weighted by molar-refractivity contribution is 6.29. The maximum absolute atomic E-state index is 13.4. The van der Waals surface area contributed by atoms with Crippen molar-refractivity contribution in [2.24, 2.45) is 0 Å². The quantitative estimate of drug-likeness (QED) is 0.453. The van der Waals surface area contributed by atoms with Crippen LogP contribution in [-0.2, 0) is 0 Å². The van der Waals surface area contributed by atoms with Crippen LogP contribution in [0, 0.1) is 5.82 Å². The molecule has 0 bridgehead atoms. The lowest BCUT2D eigenvalue weighted by atomic mass is 10.0. The normalized spacial score (nSPS) is 11.1. The molecule has 6 heteroatoms. The molecule has 0 atom stereocenters. The molecule has 0 amide bonds. The molecule has 0 fully saturated rings. The number of nitrogens with zero attached hydrogens (tertiary/aromatic N) is 3. The predicted octanol–water partition coefficient (Wildman–Crippen LogP) is 5.68. The van der Waals surface area contributed by atoms with Crippen molar-refractivity contribution in [2.45, 2.75) is 13.3 Å². The standard InChI is InChI=1S/C21H18ClFN4/c1-2-11-24-19-13-15(10-12-25-19)20-17-4-3-5-18(22)27(17)26-21(20)14-6-8-16(23)9-7-14/h3-10,12-13H,2,11H2,1H3,(H,24,25). The maximum Gasteiger partial charge on any atom is 0.131 e. The number of hydrogen-bond acceptors (Lipinski definition) is 3. The van der Waals surface area contributed by atoms with Gasteiger partial charge in [-0.2, -0.15) is 5.10 Å². The molecule has 27 heavy (non-hydrogen) atoms. The summed E-state index contributed by atoms with van der Waals surface area (Å²) in [5.74, 6) is 0.526. The fraction of sp³-hybridized carbons (Fsp3) is 0.143. The minimum atomic E-state index is -0.281.